The second kappa shape index (κ2) is 11.6. The van der Waals surface area contributed by atoms with E-state index in [-0.39, 0.29) is 6.04 Å². The first-order valence-electron chi connectivity index (χ1n) is 12.8. The van der Waals surface area contributed by atoms with Crippen LogP contribution in [0.15, 0.2) is 34.7 Å². The lowest BCUT2D eigenvalue weighted by Crippen LogP contribution is -2.36. The van der Waals surface area contributed by atoms with Crippen molar-refractivity contribution in [1.82, 2.24) is 4.90 Å². The van der Waals surface area contributed by atoms with Crippen LogP contribution in [0.25, 0.3) is 0 Å². The van der Waals surface area contributed by atoms with Gasteiger partial charge in [0.2, 0.25) is 0 Å². The van der Waals surface area contributed by atoms with Gasteiger partial charge in [-0.2, -0.15) is 5.26 Å². The van der Waals surface area contributed by atoms with Gasteiger partial charge >= 0.3 is 0 Å². The van der Waals surface area contributed by atoms with Crippen molar-refractivity contribution in [3.8, 4) is 11.8 Å². The van der Waals surface area contributed by atoms with Crippen LogP contribution in [0.2, 0.25) is 25.7 Å². The minimum absolute atomic E-state index is 0.161. The molecule has 0 saturated heterocycles. The molecule has 0 N–H and O–H groups in total. The van der Waals surface area contributed by atoms with Gasteiger partial charge in [-0.25, -0.2) is 0 Å². The third-order valence-electron chi connectivity index (χ3n) is 6.48. The highest BCUT2D eigenvalue weighted by Crippen LogP contribution is 2.39. The molecule has 0 spiro atoms. The third-order valence-corrected chi connectivity index (χ3v) is 9.57. The lowest BCUT2D eigenvalue weighted by atomic mass is 10.0. The van der Waals surface area contributed by atoms with Gasteiger partial charge in [-0.3, -0.25) is 0 Å². The monoisotopic (exact) mass is 539 g/mol. The van der Waals surface area contributed by atoms with E-state index in [9.17, 15) is 9.81 Å². The Bertz CT molecular complexity index is 1190. The van der Waals surface area contributed by atoms with Crippen LogP contribution < -0.4 is 4.74 Å². The van der Waals surface area contributed by atoms with Gasteiger partial charge in [0.15, 0.2) is 5.84 Å². The summed E-state index contributed by atoms with van der Waals surface area (Å²) in [5.74, 6) is 1.34. The van der Waals surface area contributed by atoms with E-state index in [1.165, 1.54) is 0 Å². The molecule has 8 heteroatoms. The SMILES string of the molecule is COc1cc(C)cc(C)c1C(=N[S+]([O-])C(C)(C)C)N1Cc2ccc(C#N)cc2C1COCC[Si](C)(C)C. The molecule has 0 saturated carbocycles. The first-order valence-corrected chi connectivity index (χ1v) is 17.6. The van der Waals surface area contributed by atoms with Crippen molar-refractivity contribution in [1.29, 1.82) is 5.26 Å². The van der Waals surface area contributed by atoms with Gasteiger partial charge in [-0.1, -0.05) is 31.8 Å². The average molecular weight is 540 g/mol. The molecule has 2 aromatic rings. The zero-order valence-corrected chi connectivity index (χ0v) is 25.6. The normalized spacial score (nSPS) is 16.9. The fourth-order valence-corrected chi connectivity index (χ4v) is 5.77. The van der Waals surface area contributed by atoms with Crippen molar-refractivity contribution in [2.24, 2.45) is 4.40 Å². The second-order valence-corrected chi connectivity index (χ2v) is 19.5. The second-order valence-electron chi connectivity index (χ2n) is 12.0. The first kappa shape index (κ1) is 29.2. The van der Waals surface area contributed by atoms with Gasteiger partial charge in [0.1, 0.15) is 21.9 Å². The molecule has 6 nitrogen and oxygen atoms in total. The molecule has 3 rings (SSSR count). The maximum Gasteiger partial charge on any atom is 0.192 e. The number of fused-ring (bicyclic) bond motifs is 1. The van der Waals surface area contributed by atoms with E-state index in [0.29, 0.717) is 36.9 Å². The van der Waals surface area contributed by atoms with Crippen molar-refractivity contribution in [2.45, 2.75) is 77.6 Å². The van der Waals surface area contributed by atoms with E-state index in [2.05, 4.69) is 36.7 Å². The molecule has 2 unspecified atom stereocenters. The van der Waals surface area contributed by atoms with Crippen molar-refractivity contribution in [3.63, 3.8) is 0 Å². The maximum atomic E-state index is 13.4. The highest BCUT2D eigenvalue weighted by atomic mass is 32.2. The smallest absolute Gasteiger partial charge is 0.192 e. The molecule has 1 aliphatic rings. The van der Waals surface area contributed by atoms with Crippen LogP contribution in [0.4, 0.5) is 0 Å². The molecule has 0 bridgehead atoms. The van der Waals surface area contributed by atoms with Crippen LogP contribution in [0, 0.1) is 25.2 Å². The predicted molar refractivity (Wildman–Crippen MR) is 155 cm³/mol. The Hall–Kier alpha value is -2.31. The number of rotatable bonds is 8. The fourth-order valence-electron chi connectivity index (χ4n) is 4.39. The summed E-state index contributed by atoms with van der Waals surface area (Å²) in [6.45, 7) is 18.6. The summed E-state index contributed by atoms with van der Waals surface area (Å²) >= 11 is -1.49. The molecule has 0 amide bonds. The molecule has 1 aliphatic heterocycles. The highest BCUT2D eigenvalue weighted by molar-refractivity contribution is 7.91. The number of methoxy groups -OCH3 is 1. The molecular formula is C29H41N3O3SSi. The lowest BCUT2D eigenvalue weighted by molar-refractivity contribution is 0.0986. The maximum absolute atomic E-state index is 13.4. The largest absolute Gasteiger partial charge is 0.591 e. The van der Waals surface area contributed by atoms with E-state index >= 15 is 0 Å². The van der Waals surface area contributed by atoms with E-state index in [4.69, 9.17) is 13.9 Å². The van der Waals surface area contributed by atoms with Crippen molar-refractivity contribution in [3.05, 3.63) is 63.7 Å². The Balaban J connectivity index is 2.14. The number of aryl methyl sites for hydroxylation is 2. The molecule has 0 aromatic heterocycles. The minimum Gasteiger partial charge on any atom is -0.591 e. The Morgan fingerprint density at radius 2 is 1.92 bits per heavy atom. The van der Waals surface area contributed by atoms with Crippen LogP contribution in [-0.4, -0.2) is 48.4 Å². The molecule has 1 heterocycles. The number of hydrogen-bond acceptors (Lipinski definition) is 5. The Labute approximate surface area is 227 Å². The van der Waals surface area contributed by atoms with Crippen molar-refractivity contribution < 1.29 is 14.0 Å². The van der Waals surface area contributed by atoms with Gasteiger partial charge in [0, 0.05) is 21.2 Å². The first-order chi connectivity index (χ1) is 17.2. The standard InChI is InChI=1S/C29H41N3O3SSi/c1-20-14-21(2)27(26(15-20)34-6)28(31-36(33)29(3,4)5)32-18-23-11-10-22(17-30)16-24(23)25(32)19-35-12-13-37(7,8)9/h10-11,14-16,25H,12-13,18-19H2,1-9H3. The summed E-state index contributed by atoms with van der Waals surface area (Å²) < 4.78 is 29.8. The van der Waals surface area contributed by atoms with Gasteiger partial charge in [0.05, 0.1) is 37.0 Å². The van der Waals surface area contributed by atoms with E-state index in [1.54, 1.807) is 7.11 Å². The van der Waals surface area contributed by atoms with Gasteiger partial charge in [0.25, 0.3) is 0 Å². The van der Waals surface area contributed by atoms with Crippen LogP contribution in [0.1, 0.15) is 60.2 Å². The van der Waals surface area contributed by atoms with Crippen LogP contribution in [0.5, 0.6) is 5.75 Å². The Morgan fingerprint density at radius 1 is 1.22 bits per heavy atom. The van der Waals surface area contributed by atoms with Crippen molar-refractivity contribution in [2.75, 3.05) is 20.3 Å². The highest BCUT2D eigenvalue weighted by Gasteiger charge is 2.38. The van der Waals surface area contributed by atoms with Gasteiger partial charge in [-0.15, -0.1) is 0 Å². The number of benzene rings is 2. The molecule has 0 radical (unpaired) electrons. The summed E-state index contributed by atoms with van der Waals surface area (Å²) in [7, 11) is 0.416. The minimum atomic E-state index is -1.49. The van der Waals surface area contributed by atoms with Crippen molar-refractivity contribution >= 4 is 25.3 Å². The summed E-state index contributed by atoms with van der Waals surface area (Å²) in [5.41, 5.74) is 5.73. The molecule has 0 fully saturated rings. The predicted octanol–water partition coefficient (Wildman–Crippen LogP) is 6.30. The van der Waals surface area contributed by atoms with Gasteiger partial charge in [-0.05, 0) is 85.5 Å². The molecule has 37 heavy (non-hydrogen) atoms. The third kappa shape index (κ3) is 7.17. The van der Waals surface area contributed by atoms with E-state index in [0.717, 1.165) is 33.9 Å². The molecule has 2 aromatic carbocycles. The summed E-state index contributed by atoms with van der Waals surface area (Å²) in [6, 6.07) is 13.1. The number of nitrogens with zero attached hydrogens (tertiary/aromatic N) is 3. The van der Waals surface area contributed by atoms with Crippen LogP contribution in [0.3, 0.4) is 0 Å². The topological polar surface area (TPSA) is 80.9 Å². The molecular weight excluding hydrogens is 498 g/mol. The zero-order valence-electron chi connectivity index (χ0n) is 23.8. The molecule has 200 valence electrons. The summed E-state index contributed by atoms with van der Waals surface area (Å²) in [6.07, 6.45) is 0. The number of amidine groups is 1. The summed E-state index contributed by atoms with van der Waals surface area (Å²) in [5, 5.41) is 9.58. The van der Waals surface area contributed by atoms with E-state index in [1.807, 2.05) is 58.9 Å². The Morgan fingerprint density at radius 3 is 2.51 bits per heavy atom. The average Bonchev–Trinajstić information content (AvgIpc) is 3.16. The number of nitriles is 1. The van der Waals surface area contributed by atoms with E-state index < -0.39 is 24.2 Å². The quantitative estimate of drug-likeness (QED) is 0.129. The Kier molecular flexibility index (Phi) is 9.17. The van der Waals surface area contributed by atoms with Crippen LogP contribution in [-0.2, 0) is 22.6 Å². The number of hydrogen-bond donors (Lipinski definition) is 0. The lowest BCUT2D eigenvalue weighted by Gasteiger charge is -2.31. The van der Waals surface area contributed by atoms with Crippen LogP contribution >= 0.6 is 0 Å². The van der Waals surface area contributed by atoms with Gasteiger partial charge < -0.3 is 18.9 Å². The molecule has 2 atom stereocenters. The zero-order chi connectivity index (χ0) is 27.5. The molecule has 0 aliphatic carbocycles. The fraction of sp³-hybridized carbons (Fsp3) is 0.517. The number of ether oxygens (including phenoxy) is 2. The summed E-state index contributed by atoms with van der Waals surface area (Å²) in [4.78, 5) is 2.18.